The smallest absolute Gasteiger partial charge is 0.336 e. The lowest BCUT2D eigenvalue weighted by atomic mass is 10.0. The lowest BCUT2D eigenvalue weighted by molar-refractivity contribution is 0.0651. The van der Waals surface area contributed by atoms with Crippen LogP contribution in [0, 0.1) is 5.82 Å². The van der Waals surface area contributed by atoms with Gasteiger partial charge in [-0.25, -0.2) is 14.0 Å². The summed E-state index contributed by atoms with van der Waals surface area (Å²) in [6, 6.07) is 22.9. The molecule has 3 aromatic rings. The number of aromatic carboxylic acids is 2. The average Bonchev–Trinajstić information content (AvgIpc) is 2.75. The van der Waals surface area contributed by atoms with Crippen LogP contribution in [0.1, 0.15) is 57.8 Å². The molecule has 1 unspecified atom stereocenters. The molecule has 0 saturated heterocycles. The van der Waals surface area contributed by atoms with Crippen LogP contribution < -0.4 is 5.32 Å². The van der Waals surface area contributed by atoms with E-state index in [1.807, 2.05) is 30.3 Å². The molecule has 172 valence electrons. The number of carbonyl (C=O) groups is 2. The van der Waals surface area contributed by atoms with Crippen molar-refractivity contribution >= 4 is 38.9 Å². The molecular weight excluding hydrogens is 449 g/mol. The Bertz CT molecular complexity index is 952. The number of rotatable bonds is 6. The molecule has 3 aromatic carbocycles. The van der Waals surface area contributed by atoms with Gasteiger partial charge < -0.3 is 15.5 Å². The molecule has 0 aliphatic heterocycles. The number of hydrogen-bond acceptors (Lipinski definition) is 3. The standard InChI is InChI=1S/C16H18FN.C8H6O4.2H2S/c1-12(14-6-4-3-5-7-14)18-13(2)15-8-10-16(17)11-9-15;9-7(10)5-3-1-2-4-6(5)8(11)12;;/h3-13,18H,1-2H3;1-4H,(H,9,10)(H,11,12);2*1H2/t12?,13-;;;/m0.../s1. The summed E-state index contributed by atoms with van der Waals surface area (Å²) >= 11 is 0. The monoisotopic (exact) mass is 477 g/mol. The summed E-state index contributed by atoms with van der Waals surface area (Å²) in [6.45, 7) is 4.22. The molecule has 0 bridgehead atoms. The van der Waals surface area contributed by atoms with E-state index < -0.39 is 11.9 Å². The van der Waals surface area contributed by atoms with Gasteiger partial charge in [-0.2, -0.15) is 27.0 Å². The maximum Gasteiger partial charge on any atom is 0.336 e. The fraction of sp³-hybridized carbons (Fsp3) is 0.167. The van der Waals surface area contributed by atoms with Crippen LogP contribution in [-0.4, -0.2) is 22.2 Å². The van der Waals surface area contributed by atoms with Crippen molar-refractivity contribution in [2.24, 2.45) is 0 Å². The Morgan fingerprint density at radius 1 is 0.688 bits per heavy atom. The first kappa shape index (κ1) is 29.2. The van der Waals surface area contributed by atoms with Crippen LogP contribution in [0.15, 0.2) is 78.9 Å². The highest BCUT2D eigenvalue weighted by Crippen LogP contribution is 2.19. The van der Waals surface area contributed by atoms with Gasteiger partial charge in [-0.15, -0.1) is 0 Å². The van der Waals surface area contributed by atoms with Crippen LogP contribution in [0.25, 0.3) is 0 Å². The second-order valence-electron chi connectivity index (χ2n) is 6.73. The largest absolute Gasteiger partial charge is 0.478 e. The van der Waals surface area contributed by atoms with E-state index in [-0.39, 0.29) is 56.0 Å². The van der Waals surface area contributed by atoms with Gasteiger partial charge in [0.25, 0.3) is 0 Å². The third-order valence-electron chi connectivity index (χ3n) is 4.56. The Hall–Kier alpha value is -2.81. The SMILES string of the molecule is CC(N[C@@H](C)c1ccc(F)cc1)c1ccccc1.O=C(O)c1ccccc1C(=O)O.S.S. The number of carboxylic acid groups (broad SMARTS) is 2. The average molecular weight is 478 g/mol. The third kappa shape index (κ3) is 8.74. The molecule has 0 fully saturated rings. The van der Waals surface area contributed by atoms with Gasteiger partial charge in [-0.1, -0.05) is 54.6 Å². The van der Waals surface area contributed by atoms with Crippen molar-refractivity contribution in [1.29, 1.82) is 0 Å². The molecule has 0 radical (unpaired) electrons. The van der Waals surface area contributed by atoms with Crippen LogP contribution in [0.3, 0.4) is 0 Å². The van der Waals surface area contributed by atoms with E-state index in [1.54, 1.807) is 0 Å². The van der Waals surface area contributed by atoms with Crippen LogP contribution in [0.5, 0.6) is 0 Å². The lowest BCUT2D eigenvalue weighted by Crippen LogP contribution is -2.22. The van der Waals surface area contributed by atoms with Gasteiger partial charge in [0.2, 0.25) is 0 Å². The van der Waals surface area contributed by atoms with Gasteiger partial charge in [0.05, 0.1) is 11.1 Å². The van der Waals surface area contributed by atoms with Gasteiger partial charge in [0, 0.05) is 12.1 Å². The summed E-state index contributed by atoms with van der Waals surface area (Å²) in [6.07, 6.45) is 0. The molecule has 2 atom stereocenters. The Balaban J connectivity index is 0.000000607. The maximum atomic E-state index is 12.9. The van der Waals surface area contributed by atoms with E-state index in [4.69, 9.17) is 10.2 Å². The van der Waals surface area contributed by atoms with Crippen LogP contribution in [-0.2, 0) is 0 Å². The van der Waals surface area contributed by atoms with Crippen molar-refractivity contribution in [2.75, 3.05) is 0 Å². The van der Waals surface area contributed by atoms with Crippen molar-refractivity contribution in [3.63, 3.8) is 0 Å². The summed E-state index contributed by atoms with van der Waals surface area (Å²) in [4.78, 5) is 20.9. The molecule has 0 heterocycles. The van der Waals surface area contributed by atoms with Crippen molar-refractivity contribution in [1.82, 2.24) is 5.32 Å². The predicted octanol–water partition coefficient (Wildman–Crippen LogP) is 5.55. The van der Waals surface area contributed by atoms with E-state index >= 15 is 0 Å². The number of nitrogens with one attached hydrogen (secondary N) is 1. The normalized spacial score (nSPS) is 11.5. The van der Waals surface area contributed by atoms with Crippen molar-refractivity contribution in [2.45, 2.75) is 25.9 Å². The molecule has 3 rings (SSSR count). The summed E-state index contributed by atoms with van der Waals surface area (Å²) < 4.78 is 12.9. The van der Waals surface area contributed by atoms with E-state index in [2.05, 4.69) is 31.3 Å². The number of halogens is 1. The minimum atomic E-state index is -1.23. The van der Waals surface area contributed by atoms with Gasteiger partial charge in [0.15, 0.2) is 0 Å². The molecule has 5 nitrogen and oxygen atoms in total. The molecule has 0 aliphatic rings. The highest BCUT2D eigenvalue weighted by Gasteiger charge is 2.13. The first-order valence-corrected chi connectivity index (χ1v) is 9.41. The second kappa shape index (κ2) is 14.3. The Labute approximate surface area is 201 Å². The highest BCUT2D eigenvalue weighted by atomic mass is 32.1. The summed E-state index contributed by atoms with van der Waals surface area (Å²) in [5, 5.41) is 20.6. The van der Waals surface area contributed by atoms with Gasteiger partial charge >= 0.3 is 11.9 Å². The molecule has 0 aromatic heterocycles. The molecule has 0 amide bonds. The third-order valence-corrected chi connectivity index (χ3v) is 4.56. The second-order valence-corrected chi connectivity index (χ2v) is 6.73. The molecule has 3 N–H and O–H groups in total. The predicted molar refractivity (Wildman–Crippen MR) is 134 cm³/mol. The zero-order chi connectivity index (χ0) is 22.1. The number of benzene rings is 3. The van der Waals surface area contributed by atoms with E-state index in [0.29, 0.717) is 0 Å². The fourth-order valence-electron chi connectivity index (χ4n) is 2.92. The topological polar surface area (TPSA) is 86.6 Å². The Morgan fingerprint density at radius 3 is 1.47 bits per heavy atom. The van der Waals surface area contributed by atoms with Crippen LogP contribution in [0.2, 0.25) is 0 Å². The van der Waals surface area contributed by atoms with Gasteiger partial charge in [-0.3, -0.25) is 0 Å². The van der Waals surface area contributed by atoms with Gasteiger partial charge in [-0.05, 0) is 49.2 Å². The van der Waals surface area contributed by atoms with E-state index in [1.165, 1.54) is 42.0 Å². The Morgan fingerprint density at radius 2 is 1.06 bits per heavy atom. The minimum absolute atomic E-state index is 0. The summed E-state index contributed by atoms with van der Waals surface area (Å²) in [5.41, 5.74) is 1.97. The number of hydrogen-bond donors (Lipinski definition) is 3. The minimum Gasteiger partial charge on any atom is -0.478 e. The van der Waals surface area contributed by atoms with Crippen LogP contribution in [0.4, 0.5) is 4.39 Å². The molecule has 0 saturated carbocycles. The zero-order valence-corrected chi connectivity index (χ0v) is 19.7. The molecule has 8 heteroatoms. The summed E-state index contributed by atoms with van der Waals surface area (Å²) in [5.74, 6) is -2.65. The number of carboxylic acids is 2. The van der Waals surface area contributed by atoms with Crippen molar-refractivity contribution in [3.05, 3.63) is 107 Å². The van der Waals surface area contributed by atoms with E-state index in [9.17, 15) is 14.0 Å². The highest BCUT2D eigenvalue weighted by molar-refractivity contribution is 7.59. The van der Waals surface area contributed by atoms with Gasteiger partial charge in [0.1, 0.15) is 5.82 Å². The maximum absolute atomic E-state index is 12.9. The first-order chi connectivity index (χ1) is 14.3. The summed E-state index contributed by atoms with van der Waals surface area (Å²) in [7, 11) is 0. The van der Waals surface area contributed by atoms with Crippen LogP contribution >= 0.6 is 27.0 Å². The lowest BCUT2D eigenvalue weighted by Gasteiger charge is -2.20. The van der Waals surface area contributed by atoms with Crippen molar-refractivity contribution in [3.8, 4) is 0 Å². The molecule has 0 spiro atoms. The van der Waals surface area contributed by atoms with E-state index in [0.717, 1.165) is 5.56 Å². The first-order valence-electron chi connectivity index (χ1n) is 9.41. The fourth-order valence-corrected chi connectivity index (χ4v) is 2.92. The Kier molecular flexibility index (Phi) is 13.0. The molecule has 32 heavy (non-hydrogen) atoms. The molecule has 0 aliphatic carbocycles. The zero-order valence-electron chi connectivity index (χ0n) is 17.7. The quantitative estimate of drug-likeness (QED) is 0.434. The molecular formula is C24H28FNO4S2. The van der Waals surface area contributed by atoms with Crippen molar-refractivity contribution < 1.29 is 24.2 Å².